The lowest BCUT2D eigenvalue weighted by molar-refractivity contribution is -0.157. The van der Waals surface area contributed by atoms with E-state index >= 15 is 0 Å². The maximum absolute atomic E-state index is 12.5. The zero-order chi connectivity index (χ0) is 16.9. The monoisotopic (exact) mass is 311 g/mol. The Balaban J connectivity index is 2.13. The topological polar surface area (TPSA) is 38.3 Å². The van der Waals surface area contributed by atoms with E-state index in [4.69, 9.17) is 4.74 Å². The van der Waals surface area contributed by atoms with E-state index in [9.17, 15) is 4.79 Å². The fourth-order valence-corrected chi connectivity index (χ4v) is 2.27. The maximum Gasteiger partial charge on any atom is 0.328 e. The molecule has 1 N–H and O–H groups in total. The van der Waals surface area contributed by atoms with Crippen LogP contribution in [-0.4, -0.2) is 11.6 Å². The highest BCUT2D eigenvalue weighted by atomic mass is 16.6. The van der Waals surface area contributed by atoms with Crippen LogP contribution in [0.2, 0.25) is 0 Å². The van der Waals surface area contributed by atoms with Crippen LogP contribution in [0.15, 0.2) is 54.6 Å². The molecule has 0 fully saturated rings. The first-order valence-electron chi connectivity index (χ1n) is 7.92. The van der Waals surface area contributed by atoms with Crippen molar-refractivity contribution in [2.45, 2.75) is 45.9 Å². The van der Waals surface area contributed by atoms with Crippen molar-refractivity contribution in [1.82, 2.24) is 5.32 Å². The fraction of sp³-hybridized carbons (Fsp3) is 0.350. The number of aryl methyl sites for hydroxylation is 1. The molecule has 2 aromatic carbocycles. The summed E-state index contributed by atoms with van der Waals surface area (Å²) in [5, 5.41) is 3.32. The summed E-state index contributed by atoms with van der Waals surface area (Å²) in [6, 6.07) is 17.5. The largest absolute Gasteiger partial charge is 0.459 e. The molecule has 0 spiro atoms. The first-order valence-corrected chi connectivity index (χ1v) is 7.92. The van der Waals surface area contributed by atoms with Crippen molar-refractivity contribution in [2.75, 3.05) is 0 Å². The summed E-state index contributed by atoms with van der Waals surface area (Å²) in [6.45, 7) is 8.32. The third-order valence-electron chi connectivity index (χ3n) is 3.41. The van der Waals surface area contributed by atoms with Gasteiger partial charge in [-0.2, -0.15) is 0 Å². The average Bonchev–Trinajstić information content (AvgIpc) is 2.48. The van der Waals surface area contributed by atoms with Crippen LogP contribution in [0, 0.1) is 6.92 Å². The molecule has 0 saturated heterocycles. The summed E-state index contributed by atoms with van der Waals surface area (Å²) in [5.74, 6) is -0.254. The second-order valence-electron chi connectivity index (χ2n) is 6.74. The van der Waals surface area contributed by atoms with Gasteiger partial charge in [-0.05, 0) is 38.8 Å². The Morgan fingerprint density at radius 3 is 2.22 bits per heavy atom. The van der Waals surface area contributed by atoms with Crippen LogP contribution in [0.25, 0.3) is 0 Å². The Morgan fingerprint density at radius 2 is 1.65 bits per heavy atom. The average molecular weight is 311 g/mol. The highest BCUT2D eigenvalue weighted by Crippen LogP contribution is 2.19. The van der Waals surface area contributed by atoms with E-state index in [1.807, 2.05) is 51.1 Å². The number of benzene rings is 2. The van der Waals surface area contributed by atoms with Crippen molar-refractivity contribution >= 4 is 5.97 Å². The zero-order valence-electron chi connectivity index (χ0n) is 14.3. The molecule has 0 heterocycles. The van der Waals surface area contributed by atoms with Crippen molar-refractivity contribution in [1.29, 1.82) is 0 Å². The number of esters is 1. The van der Waals surface area contributed by atoms with Gasteiger partial charge in [-0.3, -0.25) is 5.32 Å². The molecule has 2 aromatic rings. The molecule has 0 bridgehead atoms. The van der Waals surface area contributed by atoms with Gasteiger partial charge in [0.2, 0.25) is 0 Å². The van der Waals surface area contributed by atoms with Crippen molar-refractivity contribution in [3.8, 4) is 0 Å². The van der Waals surface area contributed by atoms with Gasteiger partial charge in [0, 0.05) is 6.54 Å². The molecule has 0 saturated carbocycles. The van der Waals surface area contributed by atoms with E-state index in [0.717, 1.165) is 11.1 Å². The van der Waals surface area contributed by atoms with Crippen LogP contribution in [-0.2, 0) is 16.1 Å². The molecule has 2 rings (SSSR count). The number of carbonyl (C=O) groups excluding carboxylic acids is 1. The van der Waals surface area contributed by atoms with Crippen molar-refractivity contribution < 1.29 is 9.53 Å². The van der Waals surface area contributed by atoms with Gasteiger partial charge in [0.1, 0.15) is 11.6 Å². The molecule has 0 aliphatic heterocycles. The normalized spacial score (nSPS) is 12.7. The second kappa shape index (κ2) is 7.42. The molecule has 0 aliphatic carbocycles. The SMILES string of the molecule is Cc1ccc(CNC(C(=O)OC(C)(C)C)c2ccccc2)cc1. The van der Waals surface area contributed by atoms with Crippen molar-refractivity contribution in [2.24, 2.45) is 0 Å². The van der Waals surface area contributed by atoms with Crippen molar-refractivity contribution in [3.63, 3.8) is 0 Å². The van der Waals surface area contributed by atoms with E-state index < -0.39 is 11.6 Å². The number of nitrogens with one attached hydrogen (secondary N) is 1. The first-order chi connectivity index (χ1) is 10.8. The standard InChI is InChI=1S/C20H25NO2/c1-15-10-12-16(13-11-15)14-21-18(17-8-6-5-7-9-17)19(22)23-20(2,3)4/h5-13,18,21H,14H2,1-4H3. The summed E-state index contributed by atoms with van der Waals surface area (Å²) in [7, 11) is 0. The van der Waals surface area contributed by atoms with Gasteiger partial charge in [-0.25, -0.2) is 4.79 Å². The molecule has 0 aromatic heterocycles. The molecule has 0 aliphatic rings. The summed E-state index contributed by atoms with van der Waals surface area (Å²) >= 11 is 0. The second-order valence-corrected chi connectivity index (χ2v) is 6.74. The van der Waals surface area contributed by atoms with Gasteiger partial charge < -0.3 is 4.74 Å². The minimum Gasteiger partial charge on any atom is -0.459 e. The molecular weight excluding hydrogens is 286 g/mol. The Bertz CT molecular complexity index is 627. The van der Waals surface area contributed by atoms with E-state index in [0.29, 0.717) is 6.54 Å². The molecule has 23 heavy (non-hydrogen) atoms. The van der Waals surface area contributed by atoms with Crippen LogP contribution in [0.1, 0.15) is 43.5 Å². The van der Waals surface area contributed by atoms with Gasteiger partial charge in [-0.15, -0.1) is 0 Å². The molecule has 3 heteroatoms. The molecule has 1 atom stereocenters. The minimum atomic E-state index is -0.504. The number of hydrogen-bond acceptors (Lipinski definition) is 3. The lowest BCUT2D eigenvalue weighted by Crippen LogP contribution is -2.34. The number of carbonyl (C=O) groups is 1. The lowest BCUT2D eigenvalue weighted by Gasteiger charge is -2.25. The van der Waals surface area contributed by atoms with Gasteiger partial charge in [0.15, 0.2) is 0 Å². The predicted molar refractivity (Wildman–Crippen MR) is 93.0 cm³/mol. The molecular formula is C20H25NO2. The van der Waals surface area contributed by atoms with Gasteiger partial charge in [-0.1, -0.05) is 60.2 Å². The summed E-state index contributed by atoms with van der Waals surface area (Å²) in [6.07, 6.45) is 0. The van der Waals surface area contributed by atoms with Crippen LogP contribution in [0.5, 0.6) is 0 Å². The number of ether oxygens (including phenoxy) is 1. The molecule has 1 unspecified atom stereocenters. The predicted octanol–water partition coefficient (Wildman–Crippen LogP) is 4.17. The van der Waals surface area contributed by atoms with E-state index in [2.05, 4.69) is 36.5 Å². The molecule has 122 valence electrons. The molecule has 0 amide bonds. The van der Waals surface area contributed by atoms with Crippen LogP contribution in [0.3, 0.4) is 0 Å². The van der Waals surface area contributed by atoms with E-state index in [1.54, 1.807) is 0 Å². The fourth-order valence-electron chi connectivity index (χ4n) is 2.27. The summed E-state index contributed by atoms with van der Waals surface area (Å²) in [4.78, 5) is 12.5. The summed E-state index contributed by atoms with van der Waals surface area (Å²) in [5.41, 5.74) is 2.77. The lowest BCUT2D eigenvalue weighted by atomic mass is 10.1. The Morgan fingerprint density at radius 1 is 1.04 bits per heavy atom. The van der Waals surface area contributed by atoms with Gasteiger partial charge in [0.25, 0.3) is 0 Å². The van der Waals surface area contributed by atoms with Gasteiger partial charge in [0.05, 0.1) is 0 Å². The first kappa shape index (κ1) is 17.2. The molecule has 0 radical (unpaired) electrons. The van der Waals surface area contributed by atoms with Crippen LogP contribution >= 0.6 is 0 Å². The van der Waals surface area contributed by atoms with Gasteiger partial charge >= 0.3 is 5.97 Å². The maximum atomic E-state index is 12.5. The Labute approximate surface area is 138 Å². The van der Waals surface area contributed by atoms with Crippen molar-refractivity contribution in [3.05, 3.63) is 71.3 Å². The number of rotatable bonds is 5. The zero-order valence-corrected chi connectivity index (χ0v) is 14.3. The van der Waals surface area contributed by atoms with E-state index in [-0.39, 0.29) is 5.97 Å². The smallest absolute Gasteiger partial charge is 0.328 e. The molecule has 3 nitrogen and oxygen atoms in total. The van der Waals surface area contributed by atoms with E-state index in [1.165, 1.54) is 5.56 Å². The van der Waals surface area contributed by atoms with Crippen LogP contribution < -0.4 is 5.32 Å². The highest BCUT2D eigenvalue weighted by Gasteiger charge is 2.26. The Kier molecular flexibility index (Phi) is 5.56. The number of hydrogen-bond donors (Lipinski definition) is 1. The Hall–Kier alpha value is -2.13. The highest BCUT2D eigenvalue weighted by molar-refractivity contribution is 5.78. The third kappa shape index (κ3) is 5.53. The van der Waals surface area contributed by atoms with Crippen LogP contribution in [0.4, 0.5) is 0 Å². The third-order valence-corrected chi connectivity index (χ3v) is 3.41. The minimum absolute atomic E-state index is 0.254. The summed E-state index contributed by atoms with van der Waals surface area (Å²) < 4.78 is 5.56. The quantitative estimate of drug-likeness (QED) is 0.842.